The van der Waals surface area contributed by atoms with Gasteiger partial charge < -0.3 is 11.1 Å². The lowest BCUT2D eigenvalue weighted by atomic mass is 10.1. The van der Waals surface area contributed by atoms with Crippen LogP contribution in [0.5, 0.6) is 0 Å². The van der Waals surface area contributed by atoms with Crippen molar-refractivity contribution in [1.29, 1.82) is 0 Å². The minimum absolute atomic E-state index is 0.545. The summed E-state index contributed by atoms with van der Waals surface area (Å²) < 4.78 is 0. The third kappa shape index (κ3) is 2.67. The zero-order valence-corrected chi connectivity index (χ0v) is 9.24. The molecule has 1 heterocycles. The lowest BCUT2D eigenvalue weighted by Crippen LogP contribution is -2.12. The molecule has 0 saturated carbocycles. The average Bonchev–Trinajstić information content (AvgIpc) is 2.47. The first kappa shape index (κ1) is 10.5. The number of rotatable bonds is 4. The maximum absolute atomic E-state index is 5.58. The number of nitrogens with one attached hydrogen (secondary N) is 1. The fraction of sp³-hybridized carbons (Fsp3) is 0.667. The molecule has 1 atom stereocenters. The van der Waals surface area contributed by atoms with E-state index in [4.69, 9.17) is 5.73 Å². The largest absolute Gasteiger partial charge is 0.365 e. The molecule has 1 unspecified atom stereocenters. The highest BCUT2D eigenvalue weighted by Gasteiger charge is 2.09. The van der Waals surface area contributed by atoms with Crippen molar-refractivity contribution in [2.75, 3.05) is 18.9 Å². The zero-order valence-electron chi connectivity index (χ0n) is 8.42. The van der Waals surface area contributed by atoms with Crippen LogP contribution in [0.2, 0.25) is 0 Å². The predicted octanol–water partition coefficient (Wildman–Crippen LogP) is 1.63. The molecule has 1 aromatic heterocycles. The summed E-state index contributed by atoms with van der Waals surface area (Å²) in [6.07, 6.45) is 1.04. The van der Waals surface area contributed by atoms with Crippen LogP contribution in [0.25, 0.3) is 0 Å². The van der Waals surface area contributed by atoms with Gasteiger partial charge in [0.15, 0.2) is 5.13 Å². The molecule has 0 spiro atoms. The molecular weight excluding hydrogens is 182 g/mol. The predicted molar refractivity (Wildman–Crippen MR) is 58.3 cm³/mol. The topological polar surface area (TPSA) is 50.9 Å². The standard InChI is InChI=1S/C9H17N3S/c1-6(5-10)4-8-7(2)12-9(11-3)13-8/h6H,4-5,10H2,1-3H3,(H,11,12). The van der Waals surface area contributed by atoms with E-state index in [0.29, 0.717) is 5.92 Å². The van der Waals surface area contributed by atoms with Gasteiger partial charge in [-0.15, -0.1) is 11.3 Å². The Morgan fingerprint density at radius 1 is 1.62 bits per heavy atom. The van der Waals surface area contributed by atoms with Gasteiger partial charge in [-0.1, -0.05) is 6.92 Å². The zero-order chi connectivity index (χ0) is 9.84. The highest BCUT2D eigenvalue weighted by molar-refractivity contribution is 7.15. The van der Waals surface area contributed by atoms with Gasteiger partial charge in [0, 0.05) is 11.9 Å². The Kier molecular flexibility index (Phi) is 3.69. The van der Waals surface area contributed by atoms with E-state index in [0.717, 1.165) is 23.8 Å². The molecule has 0 radical (unpaired) electrons. The van der Waals surface area contributed by atoms with Gasteiger partial charge in [-0.2, -0.15) is 0 Å². The number of thiazole rings is 1. The van der Waals surface area contributed by atoms with Crippen molar-refractivity contribution in [2.45, 2.75) is 20.3 Å². The van der Waals surface area contributed by atoms with Crippen LogP contribution in [0.3, 0.4) is 0 Å². The first-order valence-corrected chi connectivity index (χ1v) is 5.33. The third-order valence-electron chi connectivity index (χ3n) is 2.04. The van der Waals surface area contributed by atoms with Crippen LogP contribution in [-0.2, 0) is 6.42 Å². The lowest BCUT2D eigenvalue weighted by molar-refractivity contribution is 0.596. The van der Waals surface area contributed by atoms with E-state index in [9.17, 15) is 0 Å². The Labute approximate surface area is 83.4 Å². The van der Waals surface area contributed by atoms with Gasteiger partial charge >= 0.3 is 0 Å². The van der Waals surface area contributed by atoms with Gasteiger partial charge in [-0.3, -0.25) is 0 Å². The fourth-order valence-corrected chi connectivity index (χ4v) is 2.20. The van der Waals surface area contributed by atoms with Gasteiger partial charge in [0.2, 0.25) is 0 Å². The van der Waals surface area contributed by atoms with Crippen LogP contribution in [0.1, 0.15) is 17.5 Å². The molecule has 74 valence electrons. The molecule has 0 saturated heterocycles. The van der Waals surface area contributed by atoms with Gasteiger partial charge in [0.25, 0.3) is 0 Å². The van der Waals surface area contributed by atoms with E-state index in [2.05, 4.69) is 24.1 Å². The maximum Gasteiger partial charge on any atom is 0.182 e. The summed E-state index contributed by atoms with van der Waals surface area (Å²) in [7, 11) is 1.90. The van der Waals surface area contributed by atoms with Gasteiger partial charge in [0.05, 0.1) is 5.69 Å². The second kappa shape index (κ2) is 4.58. The Balaban J connectivity index is 2.70. The third-order valence-corrected chi connectivity index (χ3v) is 3.24. The SMILES string of the molecule is CNc1nc(C)c(CC(C)CN)s1. The molecule has 3 nitrogen and oxygen atoms in total. The number of nitrogens with two attached hydrogens (primary N) is 1. The molecule has 0 aliphatic heterocycles. The summed E-state index contributed by atoms with van der Waals surface area (Å²) in [5, 5.41) is 4.05. The quantitative estimate of drug-likeness (QED) is 0.775. The molecular formula is C9H17N3S. The van der Waals surface area contributed by atoms with Crippen LogP contribution < -0.4 is 11.1 Å². The molecule has 13 heavy (non-hydrogen) atoms. The van der Waals surface area contributed by atoms with Crippen molar-refractivity contribution in [3.8, 4) is 0 Å². The van der Waals surface area contributed by atoms with Gasteiger partial charge in [0.1, 0.15) is 0 Å². The van der Waals surface area contributed by atoms with Crippen molar-refractivity contribution >= 4 is 16.5 Å². The molecule has 1 aromatic rings. The number of hydrogen-bond acceptors (Lipinski definition) is 4. The minimum atomic E-state index is 0.545. The maximum atomic E-state index is 5.58. The molecule has 0 fully saturated rings. The Hall–Kier alpha value is -0.610. The number of aromatic nitrogens is 1. The lowest BCUT2D eigenvalue weighted by Gasteiger charge is -2.05. The van der Waals surface area contributed by atoms with E-state index < -0.39 is 0 Å². The van der Waals surface area contributed by atoms with Crippen molar-refractivity contribution in [3.63, 3.8) is 0 Å². The number of hydrogen-bond donors (Lipinski definition) is 2. The normalized spacial score (nSPS) is 12.9. The molecule has 3 N–H and O–H groups in total. The fourth-order valence-electron chi connectivity index (χ4n) is 1.12. The Morgan fingerprint density at radius 3 is 2.77 bits per heavy atom. The summed E-state index contributed by atoms with van der Waals surface area (Å²) in [6, 6.07) is 0. The number of aryl methyl sites for hydroxylation is 1. The monoisotopic (exact) mass is 199 g/mol. The molecule has 4 heteroatoms. The van der Waals surface area contributed by atoms with Crippen LogP contribution in [-0.4, -0.2) is 18.6 Å². The van der Waals surface area contributed by atoms with Gasteiger partial charge in [-0.05, 0) is 25.8 Å². The molecule has 0 aliphatic carbocycles. The van der Waals surface area contributed by atoms with E-state index in [-0.39, 0.29) is 0 Å². The number of anilines is 1. The van der Waals surface area contributed by atoms with E-state index in [1.54, 1.807) is 11.3 Å². The molecule has 0 amide bonds. The summed E-state index contributed by atoms with van der Waals surface area (Å²) >= 11 is 1.73. The molecule has 1 rings (SSSR count). The average molecular weight is 199 g/mol. The van der Waals surface area contributed by atoms with E-state index in [1.807, 2.05) is 7.05 Å². The summed E-state index contributed by atoms with van der Waals surface area (Å²) in [5.74, 6) is 0.545. The highest BCUT2D eigenvalue weighted by atomic mass is 32.1. The first-order valence-electron chi connectivity index (χ1n) is 4.51. The van der Waals surface area contributed by atoms with Crippen molar-refractivity contribution in [3.05, 3.63) is 10.6 Å². The van der Waals surface area contributed by atoms with Gasteiger partial charge in [-0.25, -0.2) is 4.98 Å². The summed E-state index contributed by atoms with van der Waals surface area (Å²) in [6.45, 7) is 4.96. The second-order valence-corrected chi connectivity index (χ2v) is 4.41. The van der Waals surface area contributed by atoms with E-state index in [1.165, 1.54) is 4.88 Å². The summed E-state index contributed by atoms with van der Waals surface area (Å²) in [5.41, 5.74) is 6.71. The second-order valence-electron chi connectivity index (χ2n) is 3.32. The summed E-state index contributed by atoms with van der Waals surface area (Å²) in [4.78, 5) is 5.73. The van der Waals surface area contributed by atoms with E-state index >= 15 is 0 Å². The highest BCUT2D eigenvalue weighted by Crippen LogP contribution is 2.24. The smallest absolute Gasteiger partial charge is 0.182 e. The Morgan fingerprint density at radius 2 is 2.31 bits per heavy atom. The minimum Gasteiger partial charge on any atom is -0.365 e. The van der Waals surface area contributed by atoms with Crippen LogP contribution >= 0.6 is 11.3 Å². The van der Waals surface area contributed by atoms with Crippen LogP contribution in [0, 0.1) is 12.8 Å². The molecule has 0 bridgehead atoms. The molecule has 0 aliphatic rings. The number of nitrogens with zero attached hydrogens (tertiary/aromatic N) is 1. The first-order chi connectivity index (χ1) is 6.17. The van der Waals surface area contributed by atoms with Crippen LogP contribution in [0.4, 0.5) is 5.13 Å². The van der Waals surface area contributed by atoms with Crippen molar-refractivity contribution in [1.82, 2.24) is 4.98 Å². The Bertz CT molecular complexity index is 270. The van der Waals surface area contributed by atoms with Crippen LogP contribution in [0.15, 0.2) is 0 Å². The van der Waals surface area contributed by atoms with Crippen molar-refractivity contribution < 1.29 is 0 Å². The van der Waals surface area contributed by atoms with Crippen molar-refractivity contribution in [2.24, 2.45) is 11.7 Å². The molecule has 0 aromatic carbocycles.